The van der Waals surface area contributed by atoms with E-state index in [0.29, 0.717) is 5.56 Å². The Morgan fingerprint density at radius 2 is 1.74 bits per heavy atom. The minimum absolute atomic E-state index is 0.209. The number of alkyl halides is 3. The summed E-state index contributed by atoms with van der Waals surface area (Å²) in [4.78, 5) is 23.5. The monoisotopic (exact) mass is 381 g/mol. The molecule has 1 aliphatic heterocycles. The highest BCUT2D eigenvalue weighted by Gasteiger charge is 2.45. The highest BCUT2D eigenvalue weighted by Crippen LogP contribution is 2.44. The molecule has 2 aromatic carbocycles. The molecule has 27 heavy (non-hydrogen) atoms. The number of rotatable bonds is 4. The lowest BCUT2D eigenvalue weighted by Gasteiger charge is -2.23. The Bertz CT molecular complexity index is 864. The molecule has 1 heterocycles. The first-order chi connectivity index (χ1) is 12.7. The Kier molecular flexibility index (Phi) is 4.91. The molecule has 4 nitrogen and oxygen atoms in total. The van der Waals surface area contributed by atoms with E-state index in [4.69, 9.17) is 5.11 Å². The molecule has 1 amide bonds. The van der Waals surface area contributed by atoms with Crippen LogP contribution in [0.25, 0.3) is 0 Å². The Hall–Kier alpha value is -2.90. The normalized spacial score (nSPS) is 22.5. The van der Waals surface area contributed by atoms with Gasteiger partial charge in [-0.3, -0.25) is 9.59 Å². The molecule has 3 unspecified atom stereocenters. The quantitative estimate of drug-likeness (QED) is 0.790. The van der Waals surface area contributed by atoms with Crippen LogP contribution in [0, 0.1) is 11.7 Å². The molecule has 142 valence electrons. The van der Waals surface area contributed by atoms with E-state index in [0.717, 1.165) is 12.1 Å². The summed E-state index contributed by atoms with van der Waals surface area (Å²) in [6.07, 6.45) is -5.03. The van der Waals surface area contributed by atoms with Crippen molar-refractivity contribution in [1.29, 1.82) is 0 Å². The molecule has 1 fully saturated rings. The number of carboxylic acid groups (broad SMARTS) is 1. The summed E-state index contributed by atoms with van der Waals surface area (Å²) in [5.41, 5.74) is -0.183. The molecule has 0 spiro atoms. The molecule has 0 aromatic heterocycles. The number of benzene rings is 2. The Balaban J connectivity index is 2.06. The molecule has 2 aromatic rings. The van der Waals surface area contributed by atoms with E-state index < -0.39 is 53.7 Å². The molecule has 8 heteroatoms. The van der Waals surface area contributed by atoms with Gasteiger partial charge in [0.25, 0.3) is 0 Å². The first kappa shape index (κ1) is 18.9. The summed E-state index contributed by atoms with van der Waals surface area (Å²) >= 11 is 0. The van der Waals surface area contributed by atoms with Gasteiger partial charge in [0.1, 0.15) is 5.82 Å². The largest absolute Gasteiger partial charge is 0.481 e. The van der Waals surface area contributed by atoms with Crippen LogP contribution >= 0.6 is 0 Å². The Labute approximate surface area is 151 Å². The molecule has 3 atom stereocenters. The second-order valence-electron chi connectivity index (χ2n) is 6.39. The number of amides is 1. The van der Waals surface area contributed by atoms with E-state index in [1.54, 1.807) is 0 Å². The molecule has 0 aliphatic carbocycles. The van der Waals surface area contributed by atoms with Gasteiger partial charge in [-0.25, -0.2) is 4.39 Å². The van der Waals surface area contributed by atoms with Crippen LogP contribution in [0.5, 0.6) is 0 Å². The first-order valence-electron chi connectivity index (χ1n) is 8.11. The van der Waals surface area contributed by atoms with Gasteiger partial charge in [-0.2, -0.15) is 13.2 Å². The summed E-state index contributed by atoms with van der Waals surface area (Å²) < 4.78 is 52.4. The van der Waals surface area contributed by atoms with E-state index in [2.05, 4.69) is 5.32 Å². The zero-order valence-electron chi connectivity index (χ0n) is 13.8. The van der Waals surface area contributed by atoms with E-state index in [9.17, 15) is 27.2 Å². The van der Waals surface area contributed by atoms with E-state index in [-0.39, 0.29) is 5.56 Å². The van der Waals surface area contributed by atoms with Crippen LogP contribution < -0.4 is 5.32 Å². The van der Waals surface area contributed by atoms with Crippen molar-refractivity contribution in [2.45, 2.75) is 24.6 Å². The number of aliphatic carboxylic acids is 1. The van der Waals surface area contributed by atoms with Gasteiger partial charge >= 0.3 is 12.1 Å². The topological polar surface area (TPSA) is 66.4 Å². The van der Waals surface area contributed by atoms with Crippen LogP contribution in [0.2, 0.25) is 0 Å². The van der Waals surface area contributed by atoms with Crippen molar-refractivity contribution in [3.8, 4) is 0 Å². The van der Waals surface area contributed by atoms with Crippen molar-refractivity contribution >= 4 is 11.9 Å². The third-order valence-electron chi connectivity index (χ3n) is 4.65. The van der Waals surface area contributed by atoms with E-state index in [1.807, 2.05) is 0 Å². The van der Waals surface area contributed by atoms with Crippen molar-refractivity contribution in [3.63, 3.8) is 0 Å². The van der Waals surface area contributed by atoms with Crippen LogP contribution in [0.3, 0.4) is 0 Å². The molecule has 1 saturated heterocycles. The standard InChI is InChI=1S/C19H15F4NO3/c20-13-6-4-10(5-7-13)16-14(9-15(25)26)18(27)24-17(16)11-2-1-3-12(8-11)19(21,22)23/h1-8,14,16-17H,9H2,(H,24,27)(H,25,26). The fourth-order valence-electron chi connectivity index (χ4n) is 3.46. The van der Waals surface area contributed by atoms with Crippen LogP contribution in [0.15, 0.2) is 48.5 Å². The van der Waals surface area contributed by atoms with Gasteiger partial charge < -0.3 is 10.4 Å². The van der Waals surface area contributed by atoms with Gasteiger partial charge in [0.15, 0.2) is 0 Å². The first-order valence-corrected chi connectivity index (χ1v) is 8.11. The Morgan fingerprint density at radius 1 is 1.07 bits per heavy atom. The molecular weight excluding hydrogens is 366 g/mol. The predicted molar refractivity (Wildman–Crippen MR) is 87.2 cm³/mol. The highest BCUT2D eigenvalue weighted by atomic mass is 19.4. The SMILES string of the molecule is O=C(O)CC1C(=O)NC(c2cccc(C(F)(F)F)c2)C1c1ccc(F)cc1. The summed E-state index contributed by atoms with van der Waals surface area (Å²) in [5, 5.41) is 11.7. The fourth-order valence-corrected chi connectivity index (χ4v) is 3.46. The lowest BCUT2D eigenvalue weighted by molar-refractivity contribution is -0.140. The maximum atomic E-state index is 13.3. The average Bonchev–Trinajstić information content (AvgIpc) is 2.91. The summed E-state index contributed by atoms with van der Waals surface area (Å²) in [6, 6.07) is 8.84. The molecule has 0 bridgehead atoms. The summed E-state index contributed by atoms with van der Waals surface area (Å²) in [7, 11) is 0. The maximum Gasteiger partial charge on any atom is 0.416 e. The Morgan fingerprint density at radius 3 is 2.33 bits per heavy atom. The second-order valence-corrected chi connectivity index (χ2v) is 6.39. The predicted octanol–water partition coefficient (Wildman–Crippen LogP) is 3.89. The van der Waals surface area contributed by atoms with Crippen molar-refractivity contribution in [2.75, 3.05) is 0 Å². The van der Waals surface area contributed by atoms with Gasteiger partial charge in [-0.05, 0) is 35.4 Å². The molecule has 2 N–H and O–H groups in total. The van der Waals surface area contributed by atoms with Crippen molar-refractivity contribution in [2.24, 2.45) is 5.92 Å². The molecule has 3 rings (SSSR count). The van der Waals surface area contributed by atoms with Gasteiger partial charge in [0.2, 0.25) is 5.91 Å². The summed E-state index contributed by atoms with van der Waals surface area (Å²) in [6.45, 7) is 0. The zero-order chi connectivity index (χ0) is 19.8. The number of halogens is 4. The third kappa shape index (κ3) is 3.94. The highest BCUT2D eigenvalue weighted by molar-refractivity contribution is 5.87. The van der Waals surface area contributed by atoms with Gasteiger partial charge in [0.05, 0.1) is 23.9 Å². The number of carbonyl (C=O) groups excluding carboxylic acids is 1. The second kappa shape index (κ2) is 7.02. The smallest absolute Gasteiger partial charge is 0.416 e. The van der Waals surface area contributed by atoms with Crippen molar-refractivity contribution in [1.82, 2.24) is 5.32 Å². The van der Waals surface area contributed by atoms with Gasteiger partial charge in [-0.15, -0.1) is 0 Å². The van der Waals surface area contributed by atoms with Crippen LogP contribution in [-0.2, 0) is 15.8 Å². The number of carboxylic acids is 1. The lowest BCUT2D eigenvalue weighted by atomic mass is 9.80. The minimum atomic E-state index is -4.55. The van der Waals surface area contributed by atoms with E-state index >= 15 is 0 Å². The number of nitrogens with one attached hydrogen (secondary N) is 1. The third-order valence-corrected chi connectivity index (χ3v) is 4.65. The van der Waals surface area contributed by atoms with Gasteiger partial charge in [-0.1, -0.05) is 24.3 Å². The zero-order valence-corrected chi connectivity index (χ0v) is 13.8. The lowest BCUT2D eigenvalue weighted by Crippen LogP contribution is -2.22. The van der Waals surface area contributed by atoms with Crippen LogP contribution in [0.1, 0.15) is 35.1 Å². The molecule has 0 saturated carbocycles. The number of carbonyl (C=O) groups is 2. The fraction of sp³-hybridized carbons (Fsp3) is 0.263. The maximum absolute atomic E-state index is 13.3. The minimum Gasteiger partial charge on any atom is -0.481 e. The molecule has 1 aliphatic rings. The van der Waals surface area contributed by atoms with Crippen molar-refractivity contribution in [3.05, 3.63) is 71.0 Å². The van der Waals surface area contributed by atoms with Gasteiger partial charge in [0, 0.05) is 5.92 Å². The van der Waals surface area contributed by atoms with Crippen molar-refractivity contribution < 1.29 is 32.3 Å². The number of hydrogen-bond donors (Lipinski definition) is 2. The van der Waals surface area contributed by atoms with Crippen LogP contribution in [-0.4, -0.2) is 17.0 Å². The van der Waals surface area contributed by atoms with Crippen LogP contribution in [0.4, 0.5) is 17.6 Å². The van der Waals surface area contributed by atoms with E-state index in [1.165, 1.54) is 36.4 Å². The molecular formula is C19H15F4NO3. The summed E-state index contributed by atoms with van der Waals surface area (Å²) in [5.74, 6) is -3.99. The average molecular weight is 381 g/mol. The molecule has 0 radical (unpaired) electrons. The number of hydrogen-bond acceptors (Lipinski definition) is 2.